The Bertz CT molecular complexity index is 355. The molecule has 1 aromatic rings. The van der Waals surface area contributed by atoms with Gasteiger partial charge in [-0.3, -0.25) is 0 Å². The van der Waals surface area contributed by atoms with Gasteiger partial charge in [-0.05, 0) is 19.8 Å². The molecule has 1 aliphatic rings. The Hall–Kier alpha value is -0.870. The van der Waals surface area contributed by atoms with E-state index in [1.165, 1.54) is 19.2 Å². The molecule has 0 atom stereocenters. The molecule has 0 aliphatic heterocycles. The Morgan fingerprint density at radius 2 is 2.27 bits per heavy atom. The number of aliphatic hydroxyl groups excluding tert-OH is 1. The molecule has 15 heavy (non-hydrogen) atoms. The van der Waals surface area contributed by atoms with E-state index in [4.69, 9.17) is 11.6 Å². The lowest BCUT2D eigenvalue weighted by atomic mass is 10.3. The van der Waals surface area contributed by atoms with Crippen LogP contribution in [0.4, 0.5) is 5.82 Å². The van der Waals surface area contributed by atoms with E-state index in [-0.39, 0.29) is 6.61 Å². The molecule has 1 N–H and O–H groups in total. The topological polar surface area (TPSA) is 49.2 Å². The number of aromatic nitrogens is 2. The molecule has 0 aromatic carbocycles. The van der Waals surface area contributed by atoms with Crippen molar-refractivity contribution < 1.29 is 5.11 Å². The van der Waals surface area contributed by atoms with Gasteiger partial charge >= 0.3 is 0 Å². The largest absolute Gasteiger partial charge is 0.391 e. The lowest BCUT2D eigenvalue weighted by Gasteiger charge is -2.23. The molecule has 0 spiro atoms. The number of nitrogens with zero attached hydrogens (tertiary/aromatic N) is 3. The van der Waals surface area contributed by atoms with Crippen LogP contribution in [0.2, 0.25) is 5.15 Å². The SMILES string of the molecule is CCN(c1ncnc(Cl)c1CO)C1CC1. The Balaban J connectivity index is 2.36. The fraction of sp³-hybridized carbons (Fsp3) is 0.600. The van der Waals surface area contributed by atoms with Crippen molar-refractivity contribution in [2.24, 2.45) is 0 Å². The summed E-state index contributed by atoms with van der Waals surface area (Å²) in [5, 5.41) is 9.60. The molecule has 1 aromatic heterocycles. The first-order valence-electron chi connectivity index (χ1n) is 5.14. The number of rotatable bonds is 4. The molecule has 1 heterocycles. The van der Waals surface area contributed by atoms with E-state index in [0.717, 1.165) is 12.4 Å². The van der Waals surface area contributed by atoms with Crippen LogP contribution in [-0.2, 0) is 6.61 Å². The second-order valence-electron chi connectivity index (χ2n) is 3.64. The lowest BCUT2D eigenvalue weighted by molar-refractivity contribution is 0.281. The van der Waals surface area contributed by atoms with E-state index in [1.54, 1.807) is 0 Å². The minimum atomic E-state index is -0.113. The summed E-state index contributed by atoms with van der Waals surface area (Å²) in [5.74, 6) is 0.780. The fourth-order valence-corrected chi connectivity index (χ4v) is 1.92. The molecule has 1 aliphatic carbocycles. The Morgan fingerprint density at radius 3 is 2.80 bits per heavy atom. The Morgan fingerprint density at radius 1 is 1.53 bits per heavy atom. The van der Waals surface area contributed by atoms with Crippen molar-refractivity contribution in [2.45, 2.75) is 32.4 Å². The van der Waals surface area contributed by atoms with Gasteiger partial charge in [-0.25, -0.2) is 9.97 Å². The van der Waals surface area contributed by atoms with E-state index in [1.807, 2.05) is 0 Å². The van der Waals surface area contributed by atoms with Gasteiger partial charge in [0, 0.05) is 12.6 Å². The van der Waals surface area contributed by atoms with Crippen molar-refractivity contribution in [3.05, 3.63) is 17.0 Å². The third-order valence-electron chi connectivity index (χ3n) is 2.63. The van der Waals surface area contributed by atoms with Gasteiger partial charge in [-0.2, -0.15) is 0 Å². The van der Waals surface area contributed by atoms with Crippen LogP contribution in [0.25, 0.3) is 0 Å². The molecule has 0 radical (unpaired) electrons. The normalized spacial score (nSPS) is 15.4. The predicted molar refractivity (Wildman–Crippen MR) is 59.0 cm³/mol. The molecule has 0 saturated heterocycles. The van der Waals surface area contributed by atoms with Gasteiger partial charge in [0.25, 0.3) is 0 Å². The number of hydrogen-bond donors (Lipinski definition) is 1. The van der Waals surface area contributed by atoms with Crippen LogP contribution in [0, 0.1) is 0 Å². The smallest absolute Gasteiger partial charge is 0.140 e. The van der Waals surface area contributed by atoms with E-state index in [2.05, 4.69) is 21.8 Å². The third-order valence-corrected chi connectivity index (χ3v) is 2.95. The summed E-state index contributed by atoms with van der Waals surface area (Å²) in [6.07, 6.45) is 3.84. The average Bonchev–Trinajstić information content (AvgIpc) is 3.04. The highest BCUT2D eigenvalue weighted by molar-refractivity contribution is 6.30. The Kier molecular flexibility index (Phi) is 3.07. The number of halogens is 1. The molecule has 2 rings (SSSR count). The fourth-order valence-electron chi connectivity index (χ4n) is 1.73. The minimum Gasteiger partial charge on any atom is -0.391 e. The first kappa shape index (κ1) is 10.6. The average molecular weight is 228 g/mol. The first-order valence-corrected chi connectivity index (χ1v) is 5.52. The molecule has 1 saturated carbocycles. The van der Waals surface area contributed by atoms with Gasteiger partial charge in [-0.1, -0.05) is 11.6 Å². The van der Waals surface area contributed by atoms with Crippen molar-refractivity contribution in [3.8, 4) is 0 Å². The van der Waals surface area contributed by atoms with E-state index >= 15 is 0 Å². The minimum absolute atomic E-state index is 0.113. The molecule has 1 fully saturated rings. The molecule has 82 valence electrons. The summed E-state index contributed by atoms with van der Waals surface area (Å²) >= 11 is 5.92. The molecule has 0 amide bonds. The van der Waals surface area contributed by atoms with Gasteiger partial charge in [0.1, 0.15) is 17.3 Å². The molecule has 0 unspecified atom stereocenters. The van der Waals surface area contributed by atoms with Crippen LogP contribution in [0.3, 0.4) is 0 Å². The van der Waals surface area contributed by atoms with Crippen LogP contribution < -0.4 is 4.90 Å². The summed E-state index contributed by atoms with van der Waals surface area (Å²) in [6, 6.07) is 0.561. The number of anilines is 1. The van der Waals surface area contributed by atoms with Crippen LogP contribution in [0.15, 0.2) is 6.33 Å². The highest BCUT2D eigenvalue weighted by atomic mass is 35.5. The Labute approximate surface area is 93.9 Å². The predicted octanol–water partition coefficient (Wildman–Crippen LogP) is 1.61. The maximum Gasteiger partial charge on any atom is 0.140 e. The summed E-state index contributed by atoms with van der Waals surface area (Å²) in [7, 11) is 0. The number of hydrogen-bond acceptors (Lipinski definition) is 4. The second kappa shape index (κ2) is 4.33. The maximum absolute atomic E-state index is 9.25. The summed E-state index contributed by atoms with van der Waals surface area (Å²) in [4.78, 5) is 10.3. The lowest BCUT2D eigenvalue weighted by Crippen LogP contribution is -2.27. The summed E-state index contributed by atoms with van der Waals surface area (Å²) < 4.78 is 0. The van der Waals surface area contributed by atoms with Gasteiger partial charge < -0.3 is 10.0 Å². The quantitative estimate of drug-likeness (QED) is 0.794. The highest BCUT2D eigenvalue weighted by Crippen LogP contribution is 2.33. The summed E-state index contributed by atoms with van der Waals surface area (Å²) in [6.45, 7) is 2.85. The maximum atomic E-state index is 9.25. The van der Waals surface area contributed by atoms with E-state index < -0.39 is 0 Å². The van der Waals surface area contributed by atoms with Crippen LogP contribution >= 0.6 is 11.6 Å². The van der Waals surface area contributed by atoms with Crippen LogP contribution in [0.1, 0.15) is 25.3 Å². The highest BCUT2D eigenvalue weighted by Gasteiger charge is 2.30. The van der Waals surface area contributed by atoms with Gasteiger partial charge in [0.15, 0.2) is 0 Å². The summed E-state index contributed by atoms with van der Waals surface area (Å²) in [5.41, 5.74) is 0.632. The van der Waals surface area contributed by atoms with E-state index in [9.17, 15) is 5.11 Å². The third kappa shape index (κ3) is 2.06. The van der Waals surface area contributed by atoms with Gasteiger partial charge in [-0.15, -0.1) is 0 Å². The van der Waals surface area contributed by atoms with Crippen molar-refractivity contribution >= 4 is 17.4 Å². The van der Waals surface area contributed by atoms with Crippen molar-refractivity contribution in [3.63, 3.8) is 0 Å². The molecule has 4 nitrogen and oxygen atoms in total. The van der Waals surface area contributed by atoms with Crippen LogP contribution in [-0.4, -0.2) is 27.7 Å². The zero-order valence-electron chi connectivity index (χ0n) is 8.65. The van der Waals surface area contributed by atoms with Crippen molar-refractivity contribution in [2.75, 3.05) is 11.4 Å². The van der Waals surface area contributed by atoms with Crippen molar-refractivity contribution in [1.82, 2.24) is 9.97 Å². The molecular formula is C10H14ClN3O. The molecule has 5 heteroatoms. The van der Waals surface area contributed by atoms with Crippen LogP contribution in [0.5, 0.6) is 0 Å². The monoisotopic (exact) mass is 227 g/mol. The molecule has 0 bridgehead atoms. The van der Waals surface area contributed by atoms with Crippen molar-refractivity contribution in [1.29, 1.82) is 0 Å². The zero-order chi connectivity index (χ0) is 10.8. The van der Waals surface area contributed by atoms with E-state index in [0.29, 0.717) is 16.8 Å². The zero-order valence-corrected chi connectivity index (χ0v) is 9.41. The first-order chi connectivity index (χ1) is 7.27. The molecular weight excluding hydrogens is 214 g/mol. The standard InChI is InChI=1S/C10H14ClN3O/c1-2-14(7-3-4-7)10-8(5-15)9(11)12-6-13-10/h6-7,15H,2-5H2,1H3. The van der Waals surface area contributed by atoms with Gasteiger partial charge in [0.2, 0.25) is 0 Å². The number of aliphatic hydroxyl groups is 1. The second-order valence-corrected chi connectivity index (χ2v) is 4.00. The van der Waals surface area contributed by atoms with Gasteiger partial charge in [0.05, 0.1) is 12.2 Å².